The van der Waals surface area contributed by atoms with Gasteiger partial charge in [0, 0.05) is 41.1 Å². The summed E-state index contributed by atoms with van der Waals surface area (Å²) in [6.07, 6.45) is 9.25. The lowest BCUT2D eigenvalue weighted by Crippen LogP contribution is -2.35. The molecule has 0 spiro atoms. The van der Waals surface area contributed by atoms with Gasteiger partial charge in [-0.3, -0.25) is 14.4 Å². The smallest absolute Gasteiger partial charge is 0.271 e. The van der Waals surface area contributed by atoms with E-state index in [9.17, 15) is 14.4 Å². The van der Waals surface area contributed by atoms with Crippen molar-refractivity contribution in [3.05, 3.63) is 91.2 Å². The summed E-state index contributed by atoms with van der Waals surface area (Å²) in [5.74, 6) is 0.371. The van der Waals surface area contributed by atoms with Crippen molar-refractivity contribution >= 4 is 40.3 Å². The second-order valence-corrected chi connectivity index (χ2v) is 12.3. The molecule has 4 heterocycles. The fourth-order valence-corrected chi connectivity index (χ4v) is 7.01. The van der Waals surface area contributed by atoms with Gasteiger partial charge in [0.1, 0.15) is 11.5 Å². The average molecular weight is 582 g/mol. The zero-order valence-corrected chi connectivity index (χ0v) is 24.8. The monoisotopic (exact) mass is 581 g/mol. The van der Waals surface area contributed by atoms with Gasteiger partial charge < -0.3 is 20.5 Å². The van der Waals surface area contributed by atoms with Crippen molar-refractivity contribution in [3.63, 3.8) is 0 Å². The second kappa shape index (κ2) is 11.9. The Balaban J connectivity index is 1.22. The first-order chi connectivity index (χ1) is 20.4. The number of fused-ring (bicyclic) bond motifs is 1. The van der Waals surface area contributed by atoms with E-state index in [1.807, 2.05) is 49.1 Å². The van der Waals surface area contributed by atoms with E-state index in [2.05, 4.69) is 20.6 Å². The molecule has 1 aliphatic carbocycles. The largest absolute Gasteiger partial charge is 0.339 e. The van der Waals surface area contributed by atoms with Crippen molar-refractivity contribution < 1.29 is 9.59 Å². The minimum absolute atomic E-state index is 0.00894. The summed E-state index contributed by atoms with van der Waals surface area (Å²) in [5, 5.41) is 6.23. The van der Waals surface area contributed by atoms with Crippen molar-refractivity contribution in [1.29, 1.82) is 0 Å². The van der Waals surface area contributed by atoms with Crippen molar-refractivity contribution in [3.8, 4) is 11.1 Å². The number of hydrogen-bond donors (Lipinski definition) is 3. The highest BCUT2D eigenvalue weighted by molar-refractivity contribution is 7.14. The molecule has 8 nitrogen and oxygen atoms in total. The van der Waals surface area contributed by atoms with Crippen LogP contribution in [0.2, 0.25) is 0 Å². The molecule has 6 rings (SSSR count). The number of nitrogens with zero attached hydrogens (tertiary/aromatic N) is 2. The number of amides is 2. The first kappa shape index (κ1) is 27.9. The van der Waals surface area contributed by atoms with Crippen LogP contribution < -0.4 is 16.2 Å². The van der Waals surface area contributed by atoms with Crippen LogP contribution in [0.5, 0.6) is 0 Å². The summed E-state index contributed by atoms with van der Waals surface area (Å²) in [5.41, 5.74) is 6.04. The summed E-state index contributed by atoms with van der Waals surface area (Å²) in [7, 11) is 0. The molecule has 4 aromatic rings. The Labute approximate surface area is 249 Å². The number of benzene rings is 1. The molecule has 2 amide bonds. The van der Waals surface area contributed by atoms with Gasteiger partial charge in [-0.2, -0.15) is 0 Å². The van der Waals surface area contributed by atoms with Crippen LogP contribution in [0.1, 0.15) is 73.8 Å². The van der Waals surface area contributed by atoms with Gasteiger partial charge in [0.25, 0.3) is 17.4 Å². The number of thiophene rings is 1. The van der Waals surface area contributed by atoms with E-state index in [-0.39, 0.29) is 17.4 Å². The van der Waals surface area contributed by atoms with Crippen LogP contribution >= 0.6 is 11.3 Å². The lowest BCUT2D eigenvalue weighted by atomic mass is 9.97. The number of likely N-dealkylation sites (tertiary alicyclic amines) is 1. The molecule has 0 atom stereocenters. The van der Waals surface area contributed by atoms with Crippen LogP contribution in [0.4, 0.5) is 17.2 Å². The Hall–Kier alpha value is -4.24. The predicted octanol–water partition coefficient (Wildman–Crippen LogP) is 6.62. The maximum atomic E-state index is 13.2. The summed E-state index contributed by atoms with van der Waals surface area (Å²) < 4.78 is 0. The van der Waals surface area contributed by atoms with E-state index in [1.54, 1.807) is 29.7 Å². The van der Waals surface area contributed by atoms with Crippen LogP contribution in [-0.2, 0) is 12.8 Å². The van der Waals surface area contributed by atoms with E-state index in [0.717, 1.165) is 78.1 Å². The number of aromatic amines is 1. The molecule has 0 saturated carbocycles. The third-order valence-electron chi connectivity index (χ3n) is 8.25. The average Bonchev–Trinajstić information content (AvgIpc) is 3.45. The van der Waals surface area contributed by atoms with Crippen LogP contribution in [0.25, 0.3) is 11.1 Å². The van der Waals surface area contributed by atoms with Crippen molar-refractivity contribution in [2.45, 2.75) is 58.8 Å². The van der Waals surface area contributed by atoms with Crippen molar-refractivity contribution in [2.75, 3.05) is 23.7 Å². The van der Waals surface area contributed by atoms with Gasteiger partial charge in [0.15, 0.2) is 0 Å². The van der Waals surface area contributed by atoms with E-state index >= 15 is 0 Å². The highest BCUT2D eigenvalue weighted by atomic mass is 32.1. The van der Waals surface area contributed by atoms with E-state index in [1.165, 1.54) is 23.3 Å². The number of rotatable bonds is 6. The number of aromatic nitrogens is 2. The number of anilines is 3. The number of pyridine rings is 2. The third-order valence-corrected chi connectivity index (χ3v) is 9.48. The zero-order valence-electron chi connectivity index (χ0n) is 24.0. The normalized spacial score (nSPS) is 14.8. The minimum atomic E-state index is -0.268. The van der Waals surface area contributed by atoms with Gasteiger partial charge in [0.05, 0.1) is 10.4 Å². The molecule has 3 N–H and O–H groups in total. The lowest BCUT2D eigenvalue weighted by molar-refractivity contribution is 0.0723. The third kappa shape index (κ3) is 5.74. The van der Waals surface area contributed by atoms with Crippen LogP contribution in [0, 0.1) is 13.8 Å². The maximum Gasteiger partial charge on any atom is 0.271 e. The Bertz CT molecular complexity index is 1680. The van der Waals surface area contributed by atoms with Gasteiger partial charge in [-0.15, -0.1) is 11.3 Å². The maximum absolute atomic E-state index is 13.2. The number of carbonyl (C=O) groups excluding carboxylic acids is 2. The molecule has 0 radical (unpaired) electrons. The molecular weight excluding hydrogens is 546 g/mol. The Morgan fingerprint density at radius 2 is 1.74 bits per heavy atom. The summed E-state index contributed by atoms with van der Waals surface area (Å²) in [6.45, 7) is 5.39. The first-order valence-electron chi connectivity index (χ1n) is 14.7. The van der Waals surface area contributed by atoms with Gasteiger partial charge >= 0.3 is 0 Å². The summed E-state index contributed by atoms with van der Waals surface area (Å²) in [6, 6.07) is 13.1. The van der Waals surface area contributed by atoms with E-state index in [4.69, 9.17) is 0 Å². The number of carbonyl (C=O) groups is 2. The summed E-state index contributed by atoms with van der Waals surface area (Å²) in [4.78, 5) is 50.2. The fourth-order valence-electron chi connectivity index (χ4n) is 5.86. The molecule has 1 aliphatic heterocycles. The molecule has 2 aliphatic rings. The summed E-state index contributed by atoms with van der Waals surface area (Å²) >= 11 is 1.60. The Morgan fingerprint density at radius 1 is 0.929 bits per heavy atom. The zero-order chi connectivity index (χ0) is 29.2. The molecule has 0 unspecified atom stereocenters. The lowest BCUT2D eigenvalue weighted by Gasteiger charge is -2.26. The molecule has 9 heteroatoms. The Kier molecular flexibility index (Phi) is 7.93. The number of nitrogens with one attached hydrogen (secondary N) is 3. The molecule has 0 bridgehead atoms. The van der Waals surface area contributed by atoms with E-state index < -0.39 is 0 Å². The molecule has 42 heavy (non-hydrogen) atoms. The van der Waals surface area contributed by atoms with Crippen LogP contribution in [0.15, 0.2) is 53.5 Å². The van der Waals surface area contributed by atoms with Gasteiger partial charge in [0.2, 0.25) is 0 Å². The van der Waals surface area contributed by atoms with Crippen LogP contribution in [-0.4, -0.2) is 39.8 Å². The Morgan fingerprint density at radius 3 is 2.50 bits per heavy atom. The molecule has 216 valence electrons. The number of aryl methyl sites for hydroxylation is 3. The quantitative estimate of drug-likeness (QED) is 0.237. The highest BCUT2D eigenvalue weighted by Crippen LogP contribution is 2.33. The van der Waals surface area contributed by atoms with Gasteiger partial charge in [-0.25, -0.2) is 4.98 Å². The van der Waals surface area contributed by atoms with E-state index in [0.29, 0.717) is 17.1 Å². The number of piperidine rings is 1. The van der Waals surface area contributed by atoms with Crippen molar-refractivity contribution in [1.82, 2.24) is 14.9 Å². The number of hydrogen-bond acceptors (Lipinski definition) is 6. The molecule has 1 aromatic carbocycles. The molecule has 1 saturated heterocycles. The van der Waals surface area contributed by atoms with Gasteiger partial charge in [-0.05, 0) is 106 Å². The van der Waals surface area contributed by atoms with Crippen molar-refractivity contribution in [2.24, 2.45) is 0 Å². The number of H-pyrrole nitrogens is 1. The SMILES string of the molecule is Cc1[nH]c(=O)c(Nc2ccc(C(=O)N3CCCCC3)cn2)cc1-c1cccc(NC(=O)c2cc3c(s2)CCCC3)c1C. The molecule has 1 fully saturated rings. The highest BCUT2D eigenvalue weighted by Gasteiger charge is 2.20. The minimum Gasteiger partial charge on any atom is -0.339 e. The second-order valence-electron chi connectivity index (χ2n) is 11.2. The topological polar surface area (TPSA) is 107 Å². The molecular formula is C33H35N5O3S. The van der Waals surface area contributed by atoms with Gasteiger partial charge in [-0.1, -0.05) is 12.1 Å². The molecule has 3 aromatic heterocycles. The standard InChI is InChI=1S/C33H35N5O3S/c1-20-24(10-8-11-26(20)37-32(40)29-17-22-9-4-5-12-28(22)42-29)25-18-27(31(39)35-21(25)2)36-30-14-13-23(19-34-30)33(41)38-15-6-3-7-16-38/h8,10-11,13-14,17-19H,3-7,9,12,15-16H2,1-2H3,(H,34,36)(H,35,39)(H,37,40). The van der Waals surface area contributed by atoms with Crippen LogP contribution in [0.3, 0.4) is 0 Å². The first-order valence-corrected chi connectivity index (χ1v) is 15.5. The predicted molar refractivity (Wildman–Crippen MR) is 168 cm³/mol. The fraction of sp³-hybridized carbons (Fsp3) is 0.333.